The summed E-state index contributed by atoms with van der Waals surface area (Å²) in [5.41, 5.74) is 0. The maximum Gasteiger partial charge on any atom is 0.241 e. The van der Waals surface area contributed by atoms with Gasteiger partial charge in [-0.05, 0) is 18.8 Å². The fourth-order valence-electron chi connectivity index (χ4n) is 2.77. The minimum absolute atomic E-state index is 0.0970. The van der Waals surface area contributed by atoms with Crippen molar-refractivity contribution in [3.63, 3.8) is 0 Å². The smallest absolute Gasteiger partial charge is 0.241 e. The van der Waals surface area contributed by atoms with Gasteiger partial charge in [0.15, 0.2) is 0 Å². The van der Waals surface area contributed by atoms with Crippen molar-refractivity contribution in [2.45, 2.75) is 25.4 Å². The second kappa shape index (κ2) is 6.48. The summed E-state index contributed by atoms with van der Waals surface area (Å²) in [5, 5.41) is 13.2. The minimum Gasteiger partial charge on any atom is -0.391 e. The number of carbonyl (C=O) groups excluding carboxylic acids is 1. The molecule has 0 spiro atoms. The summed E-state index contributed by atoms with van der Waals surface area (Å²) < 4.78 is 0. The molecule has 3 rings (SSSR count). The fraction of sp³-hybridized carbons (Fsp3) is 0.667. The maximum absolute atomic E-state index is 11.8. The Labute approximate surface area is 130 Å². The van der Waals surface area contributed by atoms with Gasteiger partial charge >= 0.3 is 0 Å². The number of rotatable bonds is 5. The molecule has 1 aromatic heterocycles. The molecule has 7 nitrogen and oxygen atoms in total. The Bertz CT molecular complexity index is 534. The number of aliphatic hydroxyl groups is 1. The molecule has 2 heterocycles. The topological polar surface area (TPSA) is 81.6 Å². The Balaban J connectivity index is 1.58. The number of likely N-dealkylation sites (N-methyl/N-ethyl adjacent to an activating group) is 1. The highest BCUT2D eigenvalue weighted by atomic mass is 16.3. The molecular weight excluding hydrogens is 282 g/mol. The molecule has 2 aliphatic rings. The van der Waals surface area contributed by atoms with Crippen LogP contribution in [0.1, 0.15) is 19.3 Å². The van der Waals surface area contributed by atoms with Gasteiger partial charge in [-0.1, -0.05) is 6.42 Å². The van der Waals surface area contributed by atoms with E-state index in [0.29, 0.717) is 31.4 Å². The Morgan fingerprint density at radius 2 is 2.23 bits per heavy atom. The first kappa shape index (κ1) is 15.0. The maximum atomic E-state index is 11.8. The Hall–Kier alpha value is -1.89. The number of anilines is 2. The highest BCUT2D eigenvalue weighted by Crippen LogP contribution is 2.29. The first-order chi connectivity index (χ1) is 10.6. The molecule has 2 N–H and O–H groups in total. The Morgan fingerprint density at radius 3 is 2.91 bits per heavy atom. The van der Waals surface area contributed by atoms with E-state index in [0.717, 1.165) is 25.2 Å². The number of piperazine rings is 1. The van der Waals surface area contributed by atoms with Crippen LogP contribution in [0.25, 0.3) is 0 Å². The van der Waals surface area contributed by atoms with Crippen molar-refractivity contribution >= 4 is 17.5 Å². The van der Waals surface area contributed by atoms with Crippen LogP contribution in [0.5, 0.6) is 0 Å². The summed E-state index contributed by atoms with van der Waals surface area (Å²) in [6, 6.07) is 1.84. The van der Waals surface area contributed by atoms with Gasteiger partial charge in [-0.25, -0.2) is 9.97 Å². The second-order valence-electron chi connectivity index (χ2n) is 6.14. The van der Waals surface area contributed by atoms with Crippen molar-refractivity contribution in [3.05, 3.63) is 12.4 Å². The Kier molecular flexibility index (Phi) is 4.42. The number of carbonyl (C=O) groups is 1. The molecule has 0 radical (unpaired) electrons. The van der Waals surface area contributed by atoms with Crippen molar-refractivity contribution < 1.29 is 9.90 Å². The summed E-state index contributed by atoms with van der Waals surface area (Å²) in [6.45, 7) is 2.32. The zero-order chi connectivity index (χ0) is 15.5. The predicted octanol–water partition coefficient (Wildman–Crippen LogP) is 0.328. The van der Waals surface area contributed by atoms with Gasteiger partial charge in [0.25, 0.3) is 0 Å². The zero-order valence-corrected chi connectivity index (χ0v) is 12.9. The first-order valence-electron chi connectivity index (χ1n) is 7.86. The van der Waals surface area contributed by atoms with Crippen molar-refractivity contribution in [1.82, 2.24) is 14.9 Å². The molecule has 1 saturated heterocycles. The van der Waals surface area contributed by atoms with Gasteiger partial charge in [0, 0.05) is 32.7 Å². The van der Waals surface area contributed by atoms with Gasteiger partial charge in [0.05, 0.1) is 12.6 Å². The van der Waals surface area contributed by atoms with E-state index >= 15 is 0 Å². The highest BCUT2D eigenvalue weighted by molar-refractivity contribution is 5.82. The summed E-state index contributed by atoms with van der Waals surface area (Å²) in [5.74, 6) is 1.95. The monoisotopic (exact) mass is 305 g/mol. The van der Waals surface area contributed by atoms with E-state index < -0.39 is 0 Å². The summed E-state index contributed by atoms with van der Waals surface area (Å²) in [7, 11) is 1.81. The van der Waals surface area contributed by atoms with Gasteiger partial charge in [0.2, 0.25) is 5.91 Å². The molecular formula is C15H23N5O2. The van der Waals surface area contributed by atoms with E-state index in [2.05, 4.69) is 15.3 Å². The molecule has 2 fully saturated rings. The van der Waals surface area contributed by atoms with Crippen molar-refractivity contribution in [2.75, 3.05) is 43.4 Å². The Morgan fingerprint density at radius 1 is 1.41 bits per heavy atom. The van der Waals surface area contributed by atoms with Crippen LogP contribution >= 0.6 is 0 Å². The highest BCUT2D eigenvalue weighted by Gasteiger charge is 2.25. The molecule has 7 heteroatoms. The third kappa shape index (κ3) is 3.30. The first-order valence-corrected chi connectivity index (χ1v) is 7.86. The quantitative estimate of drug-likeness (QED) is 0.816. The lowest BCUT2D eigenvalue weighted by Crippen LogP contribution is -2.48. The predicted molar refractivity (Wildman–Crippen MR) is 83.7 cm³/mol. The second-order valence-corrected chi connectivity index (χ2v) is 6.14. The third-order valence-electron chi connectivity index (χ3n) is 4.62. The molecule has 1 amide bonds. The molecule has 0 aromatic carbocycles. The standard InChI is InChI=1S/C15H23N5O2/c1-19-5-6-20(9-15(19)22)14-7-13(17-10-18-14)16-8-12(21)11-3-2-4-11/h7,10-12,21H,2-6,8-9H2,1H3,(H,16,17,18). The van der Waals surface area contributed by atoms with E-state index in [1.165, 1.54) is 12.7 Å². The number of nitrogens with zero attached hydrogens (tertiary/aromatic N) is 4. The average molecular weight is 305 g/mol. The van der Waals surface area contributed by atoms with Gasteiger partial charge < -0.3 is 20.2 Å². The third-order valence-corrected chi connectivity index (χ3v) is 4.62. The number of hydrogen-bond donors (Lipinski definition) is 2. The minimum atomic E-state index is -0.322. The number of hydrogen-bond acceptors (Lipinski definition) is 6. The molecule has 120 valence electrons. The molecule has 22 heavy (non-hydrogen) atoms. The molecule has 1 aromatic rings. The van der Waals surface area contributed by atoms with E-state index in [-0.39, 0.29) is 12.0 Å². The fourth-order valence-corrected chi connectivity index (χ4v) is 2.77. The van der Waals surface area contributed by atoms with E-state index in [1.54, 1.807) is 4.90 Å². The number of amides is 1. The normalized spacial score (nSPS) is 20.7. The van der Waals surface area contributed by atoms with Crippen LogP contribution in [-0.4, -0.2) is 65.2 Å². The summed E-state index contributed by atoms with van der Waals surface area (Å²) in [6.07, 6.45) is 4.62. The van der Waals surface area contributed by atoms with E-state index in [9.17, 15) is 9.90 Å². The lowest BCUT2D eigenvalue weighted by molar-refractivity contribution is -0.129. The van der Waals surface area contributed by atoms with Crippen LogP contribution in [0.3, 0.4) is 0 Å². The van der Waals surface area contributed by atoms with Crippen LogP contribution in [0, 0.1) is 5.92 Å². The van der Waals surface area contributed by atoms with Gasteiger partial charge in [-0.15, -0.1) is 0 Å². The lowest BCUT2D eigenvalue weighted by atomic mass is 9.81. The van der Waals surface area contributed by atoms with Crippen LogP contribution in [0.15, 0.2) is 12.4 Å². The molecule has 1 saturated carbocycles. The van der Waals surface area contributed by atoms with E-state index in [4.69, 9.17) is 0 Å². The average Bonchev–Trinajstić information content (AvgIpc) is 2.46. The lowest BCUT2D eigenvalue weighted by Gasteiger charge is -2.33. The number of nitrogens with one attached hydrogen (secondary N) is 1. The van der Waals surface area contributed by atoms with Crippen molar-refractivity contribution in [1.29, 1.82) is 0 Å². The van der Waals surface area contributed by atoms with E-state index in [1.807, 2.05) is 18.0 Å². The van der Waals surface area contributed by atoms with Crippen LogP contribution in [-0.2, 0) is 4.79 Å². The van der Waals surface area contributed by atoms with Crippen molar-refractivity contribution in [2.24, 2.45) is 5.92 Å². The SMILES string of the molecule is CN1CCN(c2cc(NCC(O)C3CCC3)ncn2)CC1=O. The number of aliphatic hydroxyl groups excluding tert-OH is 1. The van der Waals surface area contributed by atoms with Gasteiger partial charge in [0.1, 0.15) is 18.0 Å². The largest absolute Gasteiger partial charge is 0.391 e. The molecule has 1 aliphatic carbocycles. The van der Waals surface area contributed by atoms with Crippen LogP contribution < -0.4 is 10.2 Å². The molecule has 1 unspecified atom stereocenters. The van der Waals surface area contributed by atoms with Crippen LogP contribution in [0.2, 0.25) is 0 Å². The molecule has 1 atom stereocenters. The zero-order valence-electron chi connectivity index (χ0n) is 12.9. The van der Waals surface area contributed by atoms with Gasteiger partial charge in [-0.3, -0.25) is 4.79 Å². The van der Waals surface area contributed by atoms with Crippen molar-refractivity contribution in [3.8, 4) is 0 Å². The summed E-state index contributed by atoms with van der Waals surface area (Å²) >= 11 is 0. The number of aromatic nitrogens is 2. The molecule has 0 bridgehead atoms. The van der Waals surface area contributed by atoms with Crippen LogP contribution in [0.4, 0.5) is 11.6 Å². The summed E-state index contributed by atoms with van der Waals surface area (Å²) in [4.78, 5) is 23.9. The molecule has 1 aliphatic heterocycles. The van der Waals surface area contributed by atoms with Gasteiger partial charge in [-0.2, -0.15) is 0 Å².